The number of rotatable bonds is 6. The Morgan fingerprint density at radius 3 is 2.28 bits per heavy atom. The molecule has 2 heterocycles. The van der Waals surface area contributed by atoms with Crippen LogP contribution in [0.15, 0.2) is 30.3 Å². The molecule has 3 rings (SSSR count). The maximum atomic E-state index is 10.4. The van der Waals surface area contributed by atoms with Gasteiger partial charge in [-0.3, -0.25) is 0 Å². The second-order valence-corrected chi connectivity index (χ2v) is 8.87. The minimum absolute atomic E-state index is 0.327. The van der Waals surface area contributed by atoms with Gasteiger partial charge < -0.3 is 25.2 Å². The summed E-state index contributed by atoms with van der Waals surface area (Å²) in [6, 6.07) is 10.4. The molecule has 0 radical (unpaired) electrons. The summed E-state index contributed by atoms with van der Waals surface area (Å²) in [5, 5.41) is 39.4. The second-order valence-electron chi connectivity index (χ2n) is 7.53. The topological polar surface area (TPSA) is 103 Å². The average molecular weight is 420 g/mol. The van der Waals surface area contributed by atoms with Gasteiger partial charge in [0.15, 0.2) is 5.44 Å². The fourth-order valence-corrected chi connectivity index (χ4v) is 4.73. The number of pyridine rings is 1. The molecular weight excluding hydrogens is 390 g/mol. The summed E-state index contributed by atoms with van der Waals surface area (Å²) in [6.07, 6.45) is -2.30. The molecule has 1 aliphatic heterocycles. The Labute approximate surface area is 175 Å². The van der Waals surface area contributed by atoms with Crippen LogP contribution in [0.4, 0.5) is 0 Å². The quantitative estimate of drug-likeness (QED) is 0.566. The Balaban J connectivity index is 1.88. The fraction of sp³-hybridized carbons (Fsp3) is 0.500. The predicted molar refractivity (Wildman–Crippen MR) is 113 cm³/mol. The Hall–Kier alpha value is -1.64. The summed E-state index contributed by atoms with van der Waals surface area (Å²) in [4.78, 5) is 4.53. The van der Waals surface area contributed by atoms with Crippen molar-refractivity contribution in [3.05, 3.63) is 58.3 Å². The lowest BCUT2D eigenvalue weighted by molar-refractivity contribution is -0.0915. The number of hydrogen-bond donors (Lipinski definition) is 4. The van der Waals surface area contributed by atoms with Gasteiger partial charge in [0.1, 0.15) is 12.2 Å². The standard InChI is InChI=1S/C22H29NO5S/c1-4-14-5-7-15(8-6-14)10-16-12(2)9-13(3)23-21(16)28-22-20(27)19(26)18(25)17(11-24)29-22/h5-9,17-20,22,24-27H,4,10-11H2,1-3H3. The number of benzene rings is 1. The Morgan fingerprint density at radius 1 is 1.00 bits per heavy atom. The van der Waals surface area contributed by atoms with Crippen LogP contribution in [0, 0.1) is 13.8 Å². The van der Waals surface area contributed by atoms with Crippen molar-refractivity contribution >= 4 is 11.8 Å². The number of aryl methyl sites for hydroxylation is 3. The van der Waals surface area contributed by atoms with E-state index in [9.17, 15) is 20.4 Å². The summed E-state index contributed by atoms with van der Waals surface area (Å²) in [7, 11) is 0. The van der Waals surface area contributed by atoms with Gasteiger partial charge in [-0.25, -0.2) is 4.98 Å². The molecule has 0 spiro atoms. The second kappa shape index (κ2) is 9.45. The van der Waals surface area contributed by atoms with Gasteiger partial charge in [0.25, 0.3) is 0 Å². The molecule has 1 aromatic carbocycles. The normalized spacial score (nSPS) is 27.1. The largest absolute Gasteiger partial charge is 0.460 e. The van der Waals surface area contributed by atoms with E-state index in [4.69, 9.17) is 4.74 Å². The van der Waals surface area contributed by atoms with Crippen molar-refractivity contribution < 1.29 is 25.2 Å². The summed E-state index contributed by atoms with van der Waals surface area (Å²) < 4.78 is 6.05. The maximum Gasteiger partial charge on any atom is 0.218 e. The molecule has 29 heavy (non-hydrogen) atoms. The minimum Gasteiger partial charge on any atom is -0.460 e. The van der Waals surface area contributed by atoms with Gasteiger partial charge in [0.05, 0.1) is 18.0 Å². The van der Waals surface area contributed by atoms with Crippen LogP contribution in [0.2, 0.25) is 0 Å². The van der Waals surface area contributed by atoms with Crippen molar-refractivity contribution in [1.29, 1.82) is 0 Å². The number of hydrogen-bond acceptors (Lipinski definition) is 7. The Morgan fingerprint density at radius 2 is 1.66 bits per heavy atom. The first-order valence-electron chi connectivity index (χ1n) is 9.86. The molecule has 4 N–H and O–H groups in total. The summed E-state index contributed by atoms with van der Waals surface area (Å²) in [6.45, 7) is 5.66. The zero-order chi connectivity index (χ0) is 21.1. The van der Waals surface area contributed by atoms with Crippen LogP contribution in [0.3, 0.4) is 0 Å². The van der Waals surface area contributed by atoms with E-state index in [2.05, 4.69) is 36.2 Å². The van der Waals surface area contributed by atoms with E-state index in [1.54, 1.807) is 0 Å². The van der Waals surface area contributed by atoms with Crippen LogP contribution in [-0.4, -0.2) is 61.0 Å². The molecule has 2 aromatic rings. The third-order valence-corrected chi connectivity index (χ3v) is 6.75. The van der Waals surface area contributed by atoms with Gasteiger partial charge in [-0.2, -0.15) is 0 Å². The van der Waals surface area contributed by atoms with E-state index >= 15 is 0 Å². The lowest BCUT2D eigenvalue weighted by Gasteiger charge is -2.39. The number of aliphatic hydroxyl groups excluding tert-OH is 4. The lowest BCUT2D eigenvalue weighted by atomic mass is 10.00. The highest BCUT2D eigenvalue weighted by molar-refractivity contribution is 8.00. The van der Waals surface area contributed by atoms with E-state index < -0.39 is 29.0 Å². The van der Waals surface area contributed by atoms with Gasteiger partial charge >= 0.3 is 0 Å². The van der Waals surface area contributed by atoms with E-state index in [0.717, 1.165) is 40.6 Å². The first-order chi connectivity index (χ1) is 13.8. The first kappa shape index (κ1) is 22.1. The Kier molecular flexibility index (Phi) is 7.19. The minimum atomic E-state index is -1.39. The van der Waals surface area contributed by atoms with Crippen molar-refractivity contribution in [3.8, 4) is 5.88 Å². The van der Waals surface area contributed by atoms with Crippen LogP contribution in [-0.2, 0) is 12.8 Å². The lowest BCUT2D eigenvalue weighted by Crippen LogP contribution is -2.55. The van der Waals surface area contributed by atoms with Crippen molar-refractivity contribution in [3.63, 3.8) is 0 Å². The van der Waals surface area contributed by atoms with Crippen molar-refractivity contribution in [2.75, 3.05) is 6.61 Å². The van der Waals surface area contributed by atoms with Crippen LogP contribution >= 0.6 is 11.8 Å². The van der Waals surface area contributed by atoms with E-state index in [1.807, 2.05) is 19.9 Å². The molecule has 0 aliphatic carbocycles. The molecule has 5 atom stereocenters. The molecule has 0 bridgehead atoms. The summed E-state index contributed by atoms with van der Waals surface area (Å²) in [5.41, 5.74) is 4.28. The molecule has 0 amide bonds. The number of thioether (sulfide) groups is 1. The van der Waals surface area contributed by atoms with E-state index in [0.29, 0.717) is 12.3 Å². The number of ether oxygens (including phenoxy) is 1. The molecule has 6 nitrogen and oxygen atoms in total. The van der Waals surface area contributed by atoms with Gasteiger partial charge in [-0.05, 0) is 43.0 Å². The molecule has 1 aliphatic rings. The maximum absolute atomic E-state index is 10.4. The van der Waals surface area contributed by atoms with Crippen molar-refractivity contribution in [2.45, 2.75) is 62.6 Å². The average Bonchev–Trinajstić information content (AvgIpc) is 2.71. The molecule has 1 aromatic heterocycles. The van der Waals surface area contributed by atoms with Gasteiger partial charge in [0.2, 0.25) is 5.88 Å². The first-order valence-corrected chi connectivity index (χ1v) is 10.8. The van der Waals surface area contributed by atoms with Crippen molar-refractivity contribution in [1.82, 2.24) is 4.98 Å². The molecule has 7 heteroatoms. The fourth-order valence-electron chi connectivity index (χ4n) is 3.51. The highest BCUT2D eigenvalue weighted by atomic mass is 32.2. The Bertz CT molecular complexity index is 827. The van der Waals surface area contributed by atoms with Crippen molar-refractivity contribution in [2.24, 2.45) is 0 Å². The van der Waals surface area contributed by atoms with Crippen LogP contribution in [0.5, 0.6) is 5.88 Å². The van der Waals surface area contributed by atoms with Crippen LogP contribution in [0.1, 0.15) is 34.9 Å². The molecule has 0 saturated carbocycles. The molecule has 1 saturated heterocycles. The monoisotopic (exact) mass is 419 g/mol. The van der Waals surface area contributed by atoms with Gasteiger partial charge in [-0.15, -0.1) is 11.8 Å². The third kappa shape index (κ3) is 4.92. The number of aliphatic hydroxyl groups is 4. The molecule has 5 unspecified atom stereocenters. The summed E-state index contributed by atoms with van der Waals surface area (Å²) in [5.74, 6) is 0.402. The number of nitrogens with zero attached hydrogens (tertiary/aromatic N) is 1. The van der Waals surface area contributed by atoms with E-state index in [-0.39, 0.29) is 6.61 Å². The zero-order valence-electron chi connectivity index (χ0n) is 16.9. The van der Waals surface area contributed by atoms with Gasteiger partial charge in [0, 0.05) is 17.7 Å². The van der Waals surface area contributed by atoms with Gasteiger partial charge in [-0.1, -0.05) is 31.2 Å². The van der Waals surface area contributed by atoms with Crippen LogP contribution < -0.4 is 4.74 Å². The molecule has 158 valence electrons. The van der Waals surface area contributed by atoms with Crippen LogP contribution in [0.25, 0.3) is 0 Å². The SMILES string of the molecule is CCc1ccc(Cc2c(C)cc(C)nc2OC2SC(CO)C(O)C(O)C2O)cc1. The number of aromatic nitrogens is 1. The highest BCUT2D eigenvalue weighted by Crippen LogP contribution is 2.35. The highest BCUT2D eigenvalue weighted by Gasteiger charge is 2.44. The van der Waals surface area contributed by atoms with E-state index in [1.165, 1.54) is 5.56 Å². The molecule has 1 fully saturated rings. The predicted octanol–water partition coefficient (Wildman–Crippen LogP) is 1.75. The molecular formula is C22H29NO5S. The third-order valence-electron chi connectivity index (χ3n) is 5.33. The zero-order valence-corrected chi connectivity index (χ0v) is 17.8. The smallest absolute Gasteiger partial charge is 0.218 e. The summed E-state index contributed by atoms with van der Waals surface area (Å²) >= 11 is 1.11.